The van der Waals surface area contributed by atoms with Crippen LogP contribution < -0.4 is 10.8 Å². The fourth-order valence-electron chi connectivity index (χ4n) is 2.46. The average molecular weight is 376 g/mol. The molecule has 0 aliphatic heterocycles. The van der Waals surface area contributed by atoms with Crippen molar-refractivity contribution in [1.29, 1.82) is 0 Å². The lowest BCUT2D eigenvalue weighted by atomic mass is 10.1. The number of hydrogen-bond acceptors (Lipinski definition) is 6. The molecule has 0 bridgehead atoms. The van der Waals surface area contributed by atoms with Crippen molar-refractivity contribution in [2.75, 3.05) is 5.32 Å². The molecule has 0 aliphatic rings. The third-order valence-electron chi connectivity index (χ3n) is 3.87. The minimum atomic E-state index is -0.373. The van der Waals surface area contributed by atoms with E-state index < -0.39 is 0 Å². The first-order chi connectivity index (χ1) is 12.7. The normalized spacial score (nSPS) is 10.5. The molecule has 0 saturated heterocycles. The number of hydroxylamine groups is 1. The lowest BCUT2D eigenvalue weighted by Crippen LogP contribution is -2.17. The van der Waals surface area contributed by atoms with E-state index in [1.807, 2.05) is 18.2 Å². The van der Waals surface area contributed by atoms with Crippen molar-refractivity contribution in [1.82, 2.24) is 15.7 Å². The first-order valence-corrected chi connectivity index (χ1v) is 9.58. The summed E-state index contributed by atoms with van der Waals surface area (Å²) in [4.78, 5) is 22.8. The highest BCUT2D eigenvalue weighted by molar-refractivity contribution is 7.15. The van der Waals surface area contributed by atoms with Gasteiger partial charge in [-0.15, -0.1) is 10.2 Å². The zero-order valence-electron chi connectivity index (χ0n) is 14.6. The summed E-state index contributed by atoms with van der Waals surface area (Å²) in [5.41, 5.74) is 2.86. The van der Waals surface area contributed by atoms with Crippen molar-refractivity contribution < 1.29 is 14.8 Å². The van der Waals surface area contributed by atoms with Crippen molar-refractivity contribution in [2.45, 2.75) is 51.4 Å². The summed E-state index contributed by atoms with van der Waals surface area (Å²) < 4.78 is 0. The Hall–Kier alpha value is -2.32. The third-order valence-corrected chi connectivity index (χ3v) is 4.76. The van der Waals surface area contributed by atoms with Gasteiger partial charge in [0.15, 0.2) is 0 Å². The highest BCUT2D eigenvalue weighted by atomic mass is 32.1. The number of aryl methyl sites for hydroxylation is 2. The van der Waals surface area contributed by atoms with Gasteiger partial charge < -0.3 is 5.32 Å². The summed E-state index contributed by atoms with van der Waals surface area (Å²) in [6.45, 7) is 0. The van der Waals surface area contributed by atoms with Gasteiger partial charge >= 0.3 is 0 Å². The van der Waals surface area contributed by atoms with Gasteiger partial charge in [-0.1, -0.05) is 54.5 Å². The number of benzene rings is 1. The number of anilines is 1. The SMILES string of the molecule is O=C(CCCCCCC(=O)Nc1nnc(CCc2ccccc2)s1)NO. The molecule has 0 spiro atoms. The predicted octanol–water partition coefficient (Wildman–Crippen LogP) is 3.11. The van der Waals surface area contributed by atoms with Crippen LogP contribution in [0.2, 0.25) is 0 Å². The zero-order valence-corrected chi connectivity index (χ0v) is 15.4. The molecule has 140 valence electrons. The Kier molecular flexibility index (Phi) is 8.71. The molecule has 2 aromatic rings. The second-order valence-corrected chi connectivity index (χ2v) is 7.05. The van der Waals surface area contributed by atoms with Gasteiger partial charge in [0.1, 0.15) is 5.01 Å². The topological polar surface area (TPSA) is 104 Å². The zero-order chi connectivity index (χ0) is 18.6. The van der Waals surface area contributed by atoms with E-state index in [0.717, 1.165) is 37.1 Å². The molecule has 1 heterocycles. The van der Waals surface area contributed by atoms with Crippen molar-refractivity contribution in [3.8, 4) is 0 Å². The molecule has 0 unspecified atom stereocenters. The number of nitrogens with one attached hydrogen (secondary N) is 2. The fourth-order valence-corrected chi connectivity index (χ4v) is 3.22. The summed E-state index contributed by atoms with van der Waals surface area (Å²) in [6, 6.07) is 10.2. The van der Waals surface area contributed by atoms with Crippen LogP contribution in [-0.2, 0) is 22.4 Å². The van der Waals surface area contributed by atoms with Crippen LogP contribution in [0.15, 0.2) is 30.3 Å². The standard InChI is InChI=1S/C18H24N4O3S/c23-15(10-6-1-2-7-11-16(24)22-25)19-18-21-20-17(26-18)13-12-14-8-4-3-5-9-14/h3-5,8-9,25H,1-2,6-7,10-13H2,(H,22,24)(H,19,21,23). The Labute approximate surface area is 156 Å². The van der Waals surface area contributed by atoms with Crippen LogP contribution in [0.1, 0.15) is 49.1 Å². The van der Waals surface area contributed by atoms with Gasteiger partial charge in [-0.05, 0) is 24.8 Å². The lowest BCUT2D eigenvalue weighted by Gasteiger charge is -2.02. The molecule has 0 atom stereocenters. The van der Waals surface area contributed by atoms with Crippen LogP contribution in [0.5, 0.6) is 0 Å². The van der Waals surface area contributed by atoms with Crippen LogP contribution >= 0.6 is 11.3 Å². The summed E-state index contributed by atoms with van der Waals surface area (Å²) in [6.07, 6.45) is 5.61. The van der Waals surface area contributed by atoms with Gasteiger partial charge in [0, 0.05) is 19.3 Å². The van der Waals surface area contributed by atoms with Crippen LogP contribution in [0, 0.1) is 0 Å². The molecule has 3 N–H and O–H groups in total. The highest BCUT2D eigenvalue weighted by Crippen LogP contribution is 2.18. The van der Waals surface area contributed by atoms with Crippen molar-refractivity contribution in [3.05, 3.63) is 40.9 Å². The quantitative estimate of drug-likeness (QED) is 0.317. The van der Waals surface area contributed by atoms with E-state index in [2.05, 4.69) is 27.6 Å². The highest BCUT2D eigenvalue weighted by Gasteiger charge is 2.08. The number of carbonyl (C=O) groups excluding carboxylic acids is 2. The van der Waals surface area contributed by atoms with Crippen LogP contribution in [0.3, 0.4) is 0 Å². The molecule has 0 saturated carbocycles. The predicted molar refractivity (Wildman–Crippen MR) is 100 cm³/mol. The second kappa shape index (κ2) is 11.3. The monoisotopic (exact) mass is 376 g/mol. The van der Waals surface area contributed by atoms with Crippen LogP contribution in [0.4, 0.5) is 5.13 Å². The molecule has 8 heteroatoms. The molecule has 7 nitrogen and oxygen atoms in total. The smallest absolute Gasteiger partial charge is 0.243 e. The van der Waals surface area contributed by atoms with Gasteiger partial charge in [0.2, 0.25) is 16.9 Å². The largest absolute Gasteiger partial charge is 0.301 e. The summed E-state index contributed by atoms with van der Waals surface area (Å²) in [5.74, 6) is -0.439. The van der Waals surface area contributed by atoms with Gasteiger partial charge in [0.25, 0.3) is 0 Å². The maximum Gasteiger partial charge on any atom is 0.243 e. The molecule has 1 aromatic carbocycles. The fraction of sp³-hybridized carbons (Fsp3) is 0.444. The number of nitrogens with zero attached hydrogens (tertiary/aromatic N) is 2. The van der Waals surface area contributed by atoms with Crippen LogP contribution in [-0.4, -0.2) is 27.2 Å². The minimum Gasteiger partial charge on any atom is -0.301 e. The number of rotatable bonds is 11. The Bertz CT molecular complexity index is 691. The molecule has 0 radical (unpaired) electrons. The number of unbranched alkanes of at least 4 members (excludes halogenated alkanes) is 3. The first-order valence-electron chi connectivity index (χ1n) is 8.76. The van der Waals surface area contributed by atoms with Gasteiger partial charge in [-0.3, -0.25) is 14.8 Å². The van der Waals surface area contributed by atoms with Gasteiger partial charge in [-0.25, -0.2) is 5.48 Å². The summed E-state index contributed by atoms with van der Waals surface area (Å²) in [7, 11) is 0. The van der Waals surface area contributed by atoms with E-state index in [-0.39, 0.29) is 11.8 Å². The molecule has 0 fully saturated rings. The number of carbonyl (C=O) groups is 2. The molecule has 1 aromatic heterocycles. The minimum absolute atomic E-state index is 0.0659. The molecular weight excluding hydrogens is 352 g/mol. The van der Waals surface area contributed by atoms with E-state index in [4.69, 9.17) is 5.21 Å². The second-order valence-electron chi connectivity index (χ2n) is 5.98. The van der Waals surface area contributed by atoms with Crippen LogP contribution in [0.25, 0.3) is 0 Å². The Morgan fingerprint density at radius 1 is 0.923 bits per heavy atom. The van der Waals surface area contributed by atoms with E-state index in [1.165, 1.54) is 16.9 Å². The molecular formula is C18H24N4O3S. The van der Waals surface area contributed by atoms with E-state index in [1.54, 1.807) is 5.48 Å². The number of hydrogen-bond donors (Lipinski definition) is 3. The summed E-state index contributed by atoms with van der Waals surface area (Å²) >= 11 is 1.41. The van der Waals surface area contributed by atoms with Crippen molar-refractivity contribution >= 4 is 28.3 Å². The number of amides is 2. The average Bonchev–Trinajstić information content (AvgIpc) is 3.10. The summed E-state index contributed by atoms with van der Waals surface area (Å²) in [5, 5.41) is 20.8. The number of aromatic nitrogens is 2. The van der Waals surface area contributed by atoms with E-state index in [0.29, 0.717) is 24.4 Å². The maximum absolute atomic E-state index is 11.9. The maximum atomic E-state index is 11.9. The molecule has 26 heavy (non-hydrogen) atoms. The Balaban J connectivity index is 1.60. The molecule has 2 rings (SSSR count). The molecule has 2 amide bonds. The van der Waals surface area contributed by atoms with Crippen molar-refractivity contribution in [3.63, 3.8) is 0 Å². The van der Waals surface area contributed by atoms with E-state index in [9.17, 15) is 9.59 Å². The Morgan fingerprint density at radius 3 is 2.31 bits per heavy atom. The first kappa shape index (κ1) is 20.0. The van der Waals surface area contributed by atoms with Crippen molar-refractivity contribution in [2.24, 2.45) is 0 Å². The van der Waals surface area contributed by atoms with Gasteiger partial charge in [0.05, 0.1) is 0 Å². The lowest BCUT2D eigenvalue weighted by molar-refractivity contribution is -0.129. The molecule has 0 aliphatic carbocycles. The van der Waals surface area contributed by atoms with E-state index >= 15 is 0 Å². The third kappa shape index (κ3) is 7.71. The Morgan fingerprint density at radius 2 is 1.62 bits per heavy atom. The van der Waals surface area contributed by atoms with Gasteiger partial charge in [-0.2, -0.15) is 0 Å².